The predicted octanol–water partition coefficient (Wildman–Crippen LogP) is 3.73. The van der Waals surface area contributed by atoms with E-state index in [1.165, 1.54) is 6.42 Å². The molecule has 3 heterocycles. The summed E-state index contributed by atoms with van der Waals surface area (Å²) in [5.41, 5.74) is 1.37. The molecule has 2 fully saturated rings. The Labute approximate surface area is 151 Å². The van der Waals surface area contributed by atoms with Gasteiger partial charge in [0.25, 0.3) is 5.91 Å². The number of aromatic nitrogens is 1. The van der Waals surface area contributed by atoms with Crippen molar-refractivity contribution in [1.82, 2.24) is 15.2 Å². The van der Waals surface area contributed by atoms with E-state index >= 15 is 0 Å². The highest BCUT2D eigenvalue weighted by Crippen LogP contribution is 2.28. The van der Waals surface area contributed by atoms with Crippen LogP contribution in [-0.2, 0) is 4.79 Å². The maximum atomic E-state index is 12.8. The van der Waals surface area contributed by atoms with Gasteiger partial charge in [-0.1, -0.05) is 19.3 Å². The number of pyridine rings is 1. The first-order chi connectivity index (χ1) is 12.2. The van der Waals surface area contributed by atoms with E-state index in [2.05, 4.69) is 10.3 Å². The monoisotopic (exact) mass is 353 g/mol. The van der Waals surface area contributed by atoms with Crippen LogP contribution >= 0.6 is 12.2 Å². The molecule has 5 nitrogen and oxygen atoms in total. The van der Waals surface area contributed by atoms with Gasteiger partial charge < -0.3 is 9.73 Å². The molecular weight excluding hydrogens is 334 g/mol. The summed E-state index contributed by atoms with van der Waals surface area (Å²) in [5, 5.41) is 3.55. The topological polar surface area (TPSA) is 58.4 Å². The number of furan rings is 1. The molecule has 1 saturated carbocycles. The van der Waals surface area contributed by atoms with E-state index in [0.717, 1.165) is 37.0 Å². The van der Waals surface area contributed by atoms with Gasteiger partial charge in [0.15, 0.2) is 5.11 Å². The van der Waals surface area contributed by atoms with Crippen LogP contribution in [0.3, 0.4) is 0 Å². The minimum absolute atomic E-state index is 0.0590. The zero-order chi connectivity index (χ0) is 17.2. The van der Waals surface area contributed by atoms with Gasteiger partial charge in [-0.3, -0.25) is 14.7 Å². The van der Waals surface area contributed by atoms with Crippen molar-refractivity contribution in [3.05, 3.63) is 48.1 Å². The first-order valence-corrected chi connectivity index (χ1v) is 9.00. The summed E-state index contributed by atoms with van der Waals surface area (Å²) in [4.78, 5) is 18.6. The van der Waals surface area contributed by atoms with Crippen LogP contribution in [0.4, 0.5) is 0 Å². The molecule has 2 aromatic heterocycles. The molecule has 1 saturated heterocycles. The van der Waals surface area contributed by atoms with Crippen LogP contribution in [0.25, 0.3) is 17.4 Å². The van der Waals surface area contributed by atoms with E-state index in [9.17, 15) is 4.79 Å². The summed E-state index contributed by atoms with van der Waals surface area (Å²) in [7, 11) is 0. The van der Waals surface area contributed by atoms with Crippen LogP contribution < -0.4 is 5.32 Å². The molecule has 0 unspecified atom stereocenters. The van der Waals surface area contributed by atoms with Crippen LogP contribution in [0, 0.1) is 0 Å². The van der Waals surface area contributed by atoms with Gasteiger partial charge in [0.1, 0.15) is 17.2 Å². The zero-order valence-corrected chi connectivity index (χ0v) is 14.6. The molecule has 1 aliphatic heterocycles. The standard InChI is InChI=1S/C19H19N3O2S/c23-18-16(21-19(25)22(18)14-6-2-1-3-7-14)11-15-8-9-17(24-15)13-5-4-10-20-12-13/h4-5,8-12,14H,1-3,6-7H2,(H,21,25). The third kappa shape index (κ3) is 3.22. The number of hydrogen-bond donors (Lipinski definition) is 1. The highest BCUT2D eigenvalue weighted by molar-refractivity contribution is 7.80. The molecule has 2 aromatic rings. The minimum atomic E-state index is -0.0590. The van der Waals surface area contributed by atoms with Gasteiger partial charge in [-0.25, -0.2) is 0 Å². The number of nitrogens with zero attached hydrogens (tertiary/aromatic N) is 2. The lowest BCUT2D eigenvalue weighted by molar-refractivity contribution is -0.124. The van der Waals surface area contributed by atoms with E-state index in [-0.39, 0.29) is 11.9 Å². The van der Waals surface area contributed by atoms with Crippen molar-refractivity contribution in [2.45, 2.75) is 38.1 Å². The molecule has 1 aliphatic carbocycles. The fourth-order valence-electron chi connectivity index (χ4n) is 3.46. The van der Waals surface area contributed by atoms with Crippen molar-refractivity contribution < 1.29 is 9.21 Å². The van der Waals surface area contributed by atoms with Crippen molar-refractivity contribution in [1.29, 1.82) is 0 Å². The van der Waals surface area contributed by atoms with Gasteiger partial charge in [0.2, 0.25) is 0 Å². The second kappa shape index (κ2) is 6.80. The second-order valence-electron chi connectivity index (χ2n) is 6.40. The Morgan fingerprint density at radius 1 is 1.24 bits per heavy atom. The van der Waals surface area contributed by atoms with Gasteiger partial charge >= 0.3 is 0 Å². The molecule has 0 radical (unpaired) electrons. The van der Waals surface area contributed by atoms with E-state index in [4.69, 9.17) is 16.6 Å². The van der Waals surface area contributed by atoms with E-state index in [1.807, 2.05) is 24.3 Å². The minimum Gasteiger partial charge on any atom is -0.457 e. The summed E-state index contributed by atoms with van der Waals surface area (Å²) in [6, 6.07) is 7.73. The second-order valence-corrected chi connectivity index (χ2v) is 6.79. The molecule has 0 bridgehead atoms. The third-order valence-electron chi connectivity index (χ3n) is 4.71. The fraction of sp³-hybridized carbons (Fsp3) is 0.316. The Balaban J connectivity index is 1.55. The summed E-state index contributed by atoms with van der Waals surface area (Å²) in [6.07, 6.45) is 10.8. The lowest BCUT2D eigenvalue weighted by Crippen LogP contribution is -2.41. The maximum Gasteiger partial charge on any atom is 0.276 e. The summed E-state index contributed by atoms with van der Waals surface area (Å²) in [5.74, 6) is 1.27. The Kier molecular flexibility index (Phi) is 4.36. The van der Waals surface area contributed by atoms with Crippen LogP contribution in [0.1, 0.15) is 37.9 Å². The van der Waals surface area contributed by atoms with E-state index < -0.39 is 0 Å². The van der Waals surface area contributed by atoms with Crippen molar-refractivity contribution in [3.63, 3.8) is 0 Å². The number of hydrogen-bond acceptors (Lipinski definition) is 4. The number of rotatable bonds is 3. The third-order valence-corrected chi connectivity index (χ3v) is 5.01. The maximum absolute atomic E-state index is 12.8. The Bertz CT molecular complexity index is 822. The normalized spacial score (nSPS) is 20.3. The van der Waals surface area contributed by atoms with Crippen molar-refractivity contribution in [2.75, 3.05) is 0 Å². The molecule has 4 rings (SSSR count). The summed E-state index contributed by atoms with van der Waals surface area (Å²) >= 11 is 5.39. The van der Waals surface area contributed by atoms with Crippen LogP contribution in [0.15, 0.2) is 46.8 Å². The molecule has 2 aliphatic rings. The number of amides is 1. The fourth-order valence-corrected chi connectivity index (χ4v) is 3.80. The van der Waals surface area contributed by atoms with Gasteiger partial charge in [-0.05, 0) is 49.3 Å². The van der Waals surface area contributed by atoms with Crippen molar-refractivity contribution >= 4 is 29.3 Å². The molecule has 0 spiro atoms. The first-order valence-electron chi connectivity index (χ1n) is 8.59. The molecular formula is C19H19N3O2S. The molecule has 0 aromatic carbocycles. The first kappa shape index (κ1) is 16.0. The van der Waals surface area contributed by atoms with Crippen molar-refractivity contribution in [3.8, 4) is 11.3 Å². The lowest BCUT2D eigenvalue weighted by atomic mass is 9.94. The Morgan fingerprint density at radius 3 is 2.84 bits per heavy atom. The highest BCUT2D eigenvalue weighted by atomic mass is 32.1. The molecule has 25 heavy (non-hydrogen) atoms. The molecule has 1 amide bonds. The van der Waals surface area contributed by atoms with Gasteiger partial charge in [-0.15, -0.1) is 0 Å². The summed E-state index contributed by atoms with van der Waals surface area (Å²) in [6.45, 7) is 0. The average Bonchev–Trinajstić information content (AvgIpc) is 3.22. The zero-order valence-electron chi connectivity index (χ0n) is 13.8. The number of nitrogens with one attached hydrogen (secondary N) is 1. The van der Waals surface area contributed by atoms with Gasteiger partial charge in [0, 0.05) is 30.1 Å². The SMILES string of the molecule is O=C1C(=Cc2ccc(-c3cccnc3)o2)NC(=S)N1C1CCCCC1. The van der Waals surface area contributed by atoms with Crippen molar-refractivity contribution in [2.24, 2.45) is 0 Å². The number of thiocarbonyl (C=S) groups is 1. The number of carbonyl (C=O) groups excluding carboxylic acids is 1. The smallest absolute Gasteiger partial charge is 0.276 e. The summed E-state index contributed by atoms with van der Waals surface area (Å²) < 4.78 is 5.83. The lowest BCUT2D eigenvalue weighted by Gasteiger charge is -2.29. The molecule has 128 valence electrons. The van der Waals surface area contributed by atoms with Crippen LogP contribution in [0.5, 0.6) is 0 Å². The predicted molar refractivity (Wildman–Crippen MR) is 99.4 cm³/mol. The van der Waals surface area contributed by atoms with Crippen LogP contribution in [0.2, 0.25) is 0 Å². The molecule has 0 atom stereocenters. The molecule has 1 N–H and O–H groups in total. The highest BCUT2D eigenvalue weighted by Gasteiger charge is 2.36. The Hall–Kier alpha value is -2.47. The van der Waals surface area contributed by atoms with Gasteiger partial charge in [-0.2, -0.15) is 0 Å². The largest absolute Gasteiger partial charge is 0.457 e. The van der Waals surface area contributed by atoms with Crippen LogP contribution in [-0.4, -0.2) is 26.9 Å². The van der Waals surface area contributed by atoms with E-state index in [0.29, 0.717) is 16.6 Å². The molecule has 6 heteroatoms. The quantitative estimate of drug-likeness (QED) is 0.673. The number of carbonyl (C=O) groups is 1. The average molecular weight is 353 g/mol. The van der Waals surface area contributed by atoms with E-state index in [1.54, 1.807) is 23.4 Å². The Morgan fingerprint density at radius 2 is 2.08 bits per heavy atom. The van der Waals surface area contributed by atoms with Gasteiger partial charge in [0.05, 0.1) is 0 Å².